The Balaban J connectivity index is 1.74. The Morgan fingerprint density at radius 2 is 0.913 bits per heavy atom. The average Bonchev–Trinajstić information content (AvgIpc) is 3.02. The Labute approximate surface area is 137 Å². The zero-order valence-electron chi connectivity index (χ0n) is 11.9. The van der Waals surface area contributed by atoms with Crippen LogP contribution in [-0.4, -0.2) is 0 Å². The van der Waals surface area contributed by atoms with Crippen LogP contribution in [0.1, 0.15) is 20.9 Å². The summed E-state index contributed by atoms with van der Waals surface area (Å²) >= 11 is 1.48. The fourth-order valence-corrected chi connectivity index (χ4v) is 2.52. The number of benzene rings is 2. The van der Waals surface area contributed by atoms with E-state index in [1.165, 1.54) is 35.6 Å². The minimum atomic E-state index is -0.273. The molecule has 0 amide bonds. The summed E-state index contributed by atoms with van der Waals surface area (Å²) < 4.78 is 25.6. The van der Waals surface area contributed by atoms with E-state index in [2.05, 4.69) is 23.7 Å². The Morgan fingerprint density at radius 3 is 1.30 bits per heavy atom. The van der Waals surface area contributed by atoms with Crippen LogP contribution < -0.4 is 0 Å². The molecule has 0 unspecified atom stereocenters. The standard InChI is InChI=1S/C20H10F2S/c21-17-7-1-15(2-8-17)5-11-19-13-14-20(23-19)12-6-16-3-9-18(22)10-4-16/h1-4,7-10,13-14H. The molecule has 0 radical (unpaired) electrons. The molecule has 0 N–H and O–H groups in total. The van der Waals surface area contributed by atoms with Crippen molar-refractivity contribution in [3.05, 3.63) is 93.2 Å². The second-order valence-corrected chi connectivity index (χ2v) is 5.76. The van der Waals surface area contributed by atoms with Gasteiger partial charge in [0, 0.05) is 11.1 Å². The molecular formula is C20H10F2S. The van der Waals surface area contributed by atoms with Crippen LogP contribution in [0, 0.1) is 35.3 Å². The predicted octanol–water partition coefficient (Wildman–Crippen LogP) is 4.83. The largest absolute Gasteiger partial charge is 0.207 e. The average molecular weight is 320 g/mol. The molecule has 0 aliphatic rings. The second-order valence-electron chi connectivity index (χ2n) is 4.68. The van der Waals surface area contributed by atoms with Gasteiger partial charge in [0.2, 0.25) is 0 Å². The molecule has 0 atom stereocenters. The van der Waals surface area contributed by atoms with E-state index in [1.54, 1.807) is 24.3 Å². The summed E-state index contributed by atoms with van der Waals surface area (Å²) in [5, 5.41) is 0. The van der Waals surface area contributed by atoms with Crippen molar-refractivity contribution in [2.24, 2.45) is 0 Å². The Morgan fingerprint density at radius 1 is 0.522 bits per heavy atom. The van der Waals surface area contributed by atoms with Crippen LogP contribution in [-0.2, 0) is 0 Å². The highest BCUT2D eigenvalue weighted by atomic mass is 32.1. The lowest BCUT2D eigenvalue weighted by Gasteiger charge is -1.88. The van der Waals surface area contributed by atoms with Gasteiger partial charge in [0.1, 0.15) is 11.6 Å². The van der Waals surface area contributed by atoms with E-state index in [0.717, 1.165) is 20.9 Å². The van der Waals surface area contributed by atoms with Crippen molar-refractivity contribution in [1.29, 1.82) is 0 Å². The van der Waals surface area contributed by atoms with Gasteiger partial charge in [-0.25, -0.2) is 8.78 Å². The van der Waals surface area contributed by atoms with Gasteiger partial charge in [0.15, 0.2) is 0 Å². The van der Waals surface area contributed by atoms with Crippen molar-refractivity contribution in [3.63, 3.8) is 0 Å². The van der Waals surface area contributed by atoms with Crippen molar-refractivity contribution in [2.45, 2.75) is 0 Å². The van der Waals surface area contributed by atoms with Gasteiger partial charge in [0.05, 0.1) is 9.75 Å². The van der Waals surface area contributed by atoms with E-state index in [4.69, 9.17) is 0 Å². The van der Waals surface area contributed by atoms with Gasteiger partial charge in [-0.15, -0.1) is 11.3 Å². The first kappa shape index (κ1) is 15.0. The fraction of sp³-hybridized carbons (Fsp3) is 0. The maximum Gasteiger partial charge on any atom is 0.123 e. The topological polar surface area (TPSA) is 0 Å². The van der Waals surface area contributed by atoms with Gasteiger partial charge in [-0.2, -0.15) is 0 Å². The summed E-state index contributed by atoms with van der Waals surface area (Å²) in [7, 11) is 0. The number of thiophene rings is 1. The molecule has 3 rings (SSSR count). The predicted molar refractivity (Wildman–Crippen MR) is 89.1 cm³/mol. The quantitative estimate of drug-likeness (QED) is 0.521. The minimum Gasteiger partial charge on any atom is -0.207 e. The summed E-state index contributed by atoms with van der Waals surface area (Å²) in [6, 6.07) is 15.9. The third-order valence-corrected chi connectivity index (χ3v) is 3.87. The minimum absolute atomic E-state index is 0.273. The molecule has 1 heterocycles. The Hall–Kier alpha value is -2.88. The Bertz CT molecular complexity index is 850. The number of hydrogen-bond acceptors (Lipinski definition) is 1. The van der Waals surface area contributed by atoms with Crippen molar-refractivity contribution < 1.29 is 8.78 Å². The highest BCUT2D eigenvalue weighted by molar-refractivity contribution is 7.13. The molecule has 0 saturated heterocycles. The molecule has 0 bridgehead atoms. The lowest BCUT2D eigenvalue weighted by atomic mass is 10.2. The number of halogens is 2. The molecule has 0 fully saturated rings. The molecule has 2 aromatic carbocycles. The molecule has 0 nitrogen and oxygen atoms in total. The van der Waals surface area contributed by atoms with Crippen LogP contribution >= 0.6 is 11.3 Å². The maximum absolute atomic E-state index is 12.8. The zero-order valence-corrected chi connectivity index (χ0v) is 12.8. The SMILES string of the molecule is Fc1ccc(C#Cc2ccc(C#Cc3ccc(F)cc3)s2)cc1. The van der Waals surface area contributed by atoms with Gasteiger partial charge in [-0.3, -0.25) is 0 Å². The summed E-state index contributed by atoms with van der Waals surface area (Å²) in [6.45, 7) is 0. The zero-order chi connectivity index (χ0) is 16.1. The first-order valence-electron chi connectivity index (χ1n) is 6.84. The van der Waals surface area contributed by atoms with E-state index < -0.39 is 0 Å². The van der Waals surface area contributed by atoms with Crippen LogP contribution in [0.2, 0.25) is 0 Å². The van der Waals surface area contributed by atoms with Crippen molar-refractivity contribution in [2.75, 3.05) is 0 Å². The monoisotopic (exact) mass is 320 g/mol. The molecule has 1 aromatic heterocycles. The van der Waals surface area contributed by atoms with Crippen LogP contribution in [0.3, 0.4) is 0 Å². The van der Waals surface area contributed by atoms with Crippen LogP contribution in [0.25, 0.3) is 0 Å². The molecule has 0 aliphatic carbocycles. The first-order chi connectivity index (χ1) is 11.2. The van der Waals surface area contributed by atoms with Gasteiger partial charge in [-0.05, 0) is 60.7 Å². The molecule has 0 saturated carbocycles. The van der Waals surface area contributed by atoms with Crippen molar-refractivity contribution in [3.8, 4) is 23.7 Å². The highest BCUT2D eigenvalue weighted by Gasteiger charge is 1.95. The van der Waals surface area contributed by atoms with Gasteiger partial charge < -0.3 is 0 Å². The van der Waals surface area contributed by atoms with Crippen molar-refractivity contribution >= 4 is 11.3 Å². The summed E-state index contributed by atoms with van der Waals surface area (Å²) in [4.78, 5) is 1.77. The third-order valence-electron chi connectivity index (χ3n) is 2.95. The van der Waals surface area contributed by atoms with Crippen LogP contribution in [0.15, 0.2) is 60.7 Å². The van der Waals surface area contributed by atoms with Gasteiger partial charge >= 0.3 is 0 Å². The van der Waals surface area contributed by atoms with Crippen molar-refractivity contribution in [1.82, 2.24) is 0 Å². The molecule has 110 valence electrons. The summed E-state index contributed by atoms with van der Waals surface area (Å²) in [5.74, 6) is 11.5. The normalized spacial score (nSPS) is 9.48. The van der Waals surface area contributed by atoms with Gasteiger partial charge in [-0.1, -0.05) is 23.7 Å². The molecule has 3 heteroatoms. The summed E-state index contributed by atoms with van der Waals surface area (Å²) in [5.41, 5.74) is 1.53. The number of rotatable bonds is 0. The maximum atomic E-state index is 12.8. The highest BCUT2D eigenvalue weighted by Crippen LogP contribution is 2.14. The molecule has 0 spiro atoms. The van der Waals surface area contributed by atoms with E-state index in [9.17, 15) is 8.78 Å². The molecule has 3 aromatic rings. The molecular weight excluding hydrogens is 310 g/mol. The smallest absolute Gasteiger partial charge is 0.123 e. The van der Waals surface area contributed by atoms with Crippen LogP contribution in [0.4, 0.5) is 8.78 Å². The van der Waals surface area contributed by atoms with E-state index in [0.29, 0.717) is 0 Å². The van der Waals surface area contributed by atoms with Crippen LogP contribution in [0.5, 0.6) is 0 Å². The van der Waals surface area contributed by atoms with E-state index in [1.807, 2.05) is 12.1 Å². The third kappa shape index (κ3) is 4.30. The fourth-order valence-electron chi connectivity index (χ4n) is 1.81. The van der Waals surface area contributed by atoms with Gasteiger partial charge in [0.25, 0.3) is 0 Å². The van der Waals surface area contributed by atoms with E-state index >= 15 is 0 Å². The second kappa shape index (κ2) is 6.92. The number of hydrogen-bond donors (Lipinski definition) is 0. The van der Waals surface area contributed by atoms with E-state index in [-0.39, 0.29) is 11.6 Å². The first-order valence-corrected chi connectivity index (χ1v) is 7.66. The molecule has 0 aliphatic heterocycles. The summed E-state index contributed by atoms with van der Waals surface area (Å²) in [6.07, 6.45) is 0. The Kier molecular flexibility index (Phi) is 4.52. The lowest BCUT2D eigenvalue weighted by Crippen LogP contribution is -1.75. The lowest BCUT2D eigenvalue weighted by molar-refractivity contribution is 0.627. The molecule has 23 heavy (non-hydrogen) atoms.